The number of carbonyl (C=O) groups is 2. The second kappa shape index (κ2) is 4.70. The summed E-state index contributed by atoms with van der Waals surface area (Å²) in [5.41, 5.74) is -0.717. The SMILES string of the molecule is CC(O)(CNC(=O)c1cc2c(s1)CCC2)C(=O)O. The average Bonchev–Trinajstić information content (AvgIpc) is 2.85. The molecule has 0 radical (unpaired) electrons. The second-order valence-electron chi connectivity index (χ2n) is 4.67. The molecule has 2 rings (SSSR count). The summed E-state index contributed by atoms with van der Waals surface area (Å²) in [6, 6.07) is 1.86. The molecule has 1 atom stereocenters. The van der Waals surface area contributed by atoms with Gasteiger partial charge in [-0.15, -0.1) is 11.3 Å². The van der Waals surface area contributed by atoms with E-state index in [2.05, 4.69) is 5.32 Å². The molecule has 18 heavy (non-hydrogen) atoms. The summed E-state index contributed by atoms with van der Waals surface area (Å²) >= 11 is 1.45. The normalized spacial score (nSPS) is 17.0. The molecule has 0 bridgehead atoms. The lowest BCUT2D eigenvalue weighted by atomic mass is 10.1. The number of carboxylic acids is 1. The molecule has 0 saturated carbocycles. The number of rotatable bonds is 4. The summed E-state index contributed by atoms with van der Waals surface area (Å²) in [6.45, 7) is 0.855. The standard InChI is InChI=1S/C12H15NO4S/c1-12(17,11(15)16)6-13-10(14)9-5-7-3-2-4-8(7)18-9/h5,17H,2-4,6H2,1H3,(H,13,14)(H,15,16). The van der Waals surface area contributed by atoms with E-state index in [4.69, 9.17) is 5.11 Å². The van der Waals surface area contributed by atoms with Crippen LogP contribution in [0.2, 0.25) is 0 Å². The van der Waals surface area contributed by atoms with Crippen LogP contribution in [-0.2, 0) is 17.6 Å². The van der Waals surface area contributed by atoms with E-state index in [-0.39, 0.29) is 12.5 Å². The van der Waals surface area contributed by atoms with Crippen LogP contribution in [0.25, 0.3) is 0 Å². The molecule has 1 aromatic heterocycles. The Hall–Kier alpha value is -1.40. The molecule has 1 aromatic rings. The van der Waals surface area contributed by atoms with Crippen LogP contribution in [0.5, 0.6) is 0 Å². The second-order valence-corrected chi connectivity index (χ2v) is 5.81. The van der Waals surface area contributed by atoms with Crippen LogP contribution < -0.4 is 5.32 Å². The van der Waals surface area contributed by atoms with E-state index in [9.17, 15) is 14.7 Å². The van der Waals surface area contributed by atoms with E-state index in [1.54, 1.807) is 0 Å². The van der Waals surface area contributed by atoms with E-state index in [1.807, 2.05) is 6.07 Å². The maximum absolute atomic E-state index is 11.8. The number of carbonyl (C=O) groups excluding carboxylic acids is 1. The van der Waals surface area contributed by atoms with Crippen LogP contribution in [0.15, 0.2) is 6.07 Å². The molecule has 6 heteroatoms. The molecule has 1 heterocycles. The lowest BCUT2D eigenvalue weighted by molar-refractivity contribution is -0.155. The Bertz CT molecular complexity index is 471. The number of amides is 1. The molecule has 0 aliphatic heterocycles. The van der Waals surface area contributed by atoms with Crippen LogP contribution in [0.4, 0.5) is 0 Å². The van der Waals surface area contributed by atoms with Gasteiger partial charge in [0.25, 0.3) is 5.91 Å². The first kappa shape index (κ1) is 13.0. The van der Waals surface area contributed by atoms with Crippen molar-refractivity contribution in [1.82, 2.24) is 5.32 Å². The summed E-state index contributed by atoms with van der Waals surface area (Å²) in [4.78, 5) is 24.3. The van der Waals surface area contributed by atoms with Crippen molar-refractivity contribution in [2.24, 2.45) is 0 Å². The quantitative estimate of drug-likeness (QED) is 0.754. The van der Waals surface area contributed by atoms with Crippen LogP contribution in [0, 0.1) is 0 Å². The first-order valence-electron chi connectivity index (χ1n) is 5.76. The maximum atomic E-state index is 11.8. The number of aliphatic hydroxyl groups is 1. The molecular weight excluding hydrogens is 254 g/mol. The molecule has 1 aliphatic rings. The van der Waals surface area contributed by atoms with E-state index in [0.717, 1.165) is 26.2 Å². The minimum atomic E-state index is -1.93. The topological polar surface area (TPSA) is 86.6 Å². The van der Waals surface area contributed by atoms with Crippen molar-refractivity contribution in [3.8, 4) is 0 Å². The molecular formula is C12H15NO4S. The van der Waals surface area contributed by atoms with Gasteiger partial charge >= 0.3 is 5.97 Å². The van der Waals surface area contributed by atoms with Gasteiger partial charge in [-0.05, 0) is 37.8 Å². The molecule has 1 aliphatic carbocycles. The Labute approximate surface area is 108 Å². The highest BCUT2D eigenvalue weighted by Crippen LogP contribution is 2.30. The molecule has 0 fully saturated rings. The van der Waals surface area contributed by atoms with Gasteiger partial charge in [-0.25, -0.2) is 4.79 Å². The minimum absolute atomic E-state index is 0.302. The molecule has 1 unspecified atom stereocenters. The number of carboxylic acid groups (broad SMARTS) is 1. The largest absolute Gasteiger partial charge is 0.479 e. The molecule has 0 aromatic carbocycles. The summed E-state index contributed by atoms with van der Waals surface area (Å²) < 4.78 is 0. The molecule has 1 amide bonds. The highest BCUT2D eigenvalue weighted by atomic mass is 32.1. The maximum Gasteiger partial charge on any atom is 0.337 e. The molecule has 3 N–H and O–H groups in total. The molecule has 0 saturated heterocycles. The summed E-state index contributed by atoms with van der Waals surface area (Å²) in [5.74, 6) is -1.67. The highest BCUT2D eigenvalue weighted by molar-refractivity contribution is 7.14. The predicted octanol–water partition coefficient (Wildman–Crippen LogP) is 0.802. The van der Waals surface area contributed by atoms with Crippen LogP contribution in [-0.4, -0.2) is 34.2 Å². The van der Waals surface area contributed by atoms with E-state index in [0.29, 0.717) is 4.88 Å². The summed E-state index contributed by atoms with van der Waals surface area (Å²) in [7, 11) is 0. The van der Waals surface area contributed by atoms with Crippen molar-refractivity contribution in [1.29, 1.82) is 0 Å². The number of hydrogen-bond acceptors (Lipinski definition) is 4. The Kier molecular flexibility index (Phi) is 3.41. The van der Waals surface area contributed by atoms with Crippen LogP contribution in [0.1, 0.15) is 33.5 Å². The van der Waals surface area contributed by atoms with Crippen molar-refractivity contribution in [2.45, 2.75) is 31.8 Å². The van der Waals surface area contributed by atoms with E-state index < -0.39 is 11.6 Å². The van der Waals surface area contributed by atoms with Gasteiger partial charge in [-0.3, -0.25) is 4.79 Å². The lowest BCUT2D eigenvalue weighted by Gasteiger charge is -2.17. The van der Waals surface area contributed by atoms with Crippen LogP contribution >= 0.6 is 11.3 Å². The Morgan fingerprint density at radius 2 is 2.22 bits per heavy atom. The number of aliphatic carboxylic acids is 1. The third-order valence-corrected chi connectivity index (χ3v) is 4.26. The van der Waals surface area contributed by atoms with Gasteiger partial charge in [0.2, 0.25) is 0 Å². The van der Waals surface area contributed by atoms with Gasteiger partial charge in [0.1, 0.15) is 0 Å². The van der Waals surface area contributed by atoms with Gasteiger partial charge in [-0.2, -0.15) is 0 Å². The number of aryl methyl sites for hydroxylation is 2. The van der Waals surface area contributed by atoms with E-state index >= 15 is 0 Å². The average molecular weight is 269 g/mol. The lowest BCUT2D eigenvalue weighted by Crippen LogP contribution is -2.46. The Morgan fingerprint density at radius 1 is 1.50 bits per heavy atom. The van der Waals surface area contributed by atoms with Crippen molar-refractivity contribution in [2.75, 3.05) is 6.54 Å². The van der Waals surface area contributed by atoms with Crippen molar-refractivity contribution in [3.05, 3.63) is 21.4 Å². The fraction of sp³-hybridized carbons (Fsp3) is 0.500. The van der Waals surface area contributed by atoms with Gasteiger partial charge in [0, 0.05) is 4.88 Å². The zero-order chi connectivity index (χ0) is 13.3. The third-order valence-electron chi connectivity index (χ3n) is 3.02. The fourth-order valence-electron chi connectivity index (χ4n) is 1.86. The van der Waals surface area contributed by atoms with Crippen molar-refractivity contribution >= 4 is 23.2 Å². The third kappa shape index (κ3) is 2.54. The van der Waals surface area contributed by atoms with Gasteiger partial charge < -0.3 is 15.5 Å². The first-order valence-corrected chi connectivity index (χ1v) is 6.57. The smallest absolute Gasteiger partial charge is 0.337 e. The summed E-state index contributed by atoms with van der Waals surface area (Å²) in [5, 5.41) is 20.7. The molecule has 0 spiro atoms. The number of fused-ring (bicyclic) bond motifs is 1. The molecule has 98 valence electrons. The number of nitrogens with one attached hydrogen (secondary N) is 1. The molecule has 5 nitrogen and oxygen atoms in total. The van der Waals surface area contributed by atoms with E-state index in [1.165, 1.54) is 21.8 Å². The van der Waals surface area contributed by atoms with Gasteiger partial charge in [0.15, 0.2) is 5.60 Å². The van der Waals surface area contributed by atoms with Crippen LogP contribution in [0.3, 0.4) is 0 Å². The highest BCUT2D eigenvalue weighted by Gasteiger charge is 2.30. The van der Waals surface area contributed by atoms with Crippen molar-refractivity contribution in [3.63, 3.8) is 0 Å². The number of thiophene rings is 1. The Balaban J connectivity index is 1.98. The fourth-order valence-corrected chi connectivity index (χ4v) is 3.03. The summed E-state index contributed by atoms with van der Waals surface area (Å²) in [6.07, 6.45) is 3.16. The first-order chi connectivity index (χ1) is 8.40. The number of hydrogen-bond donors (Lipinski definition) is 3. The monoisotopic (exact) mass is 269 g/mol. The predicted molar refractivity (Wildman–Crippen MR) is 66.9 cm³/mol. The Morgan fingerprint density at radius 3 is 2.83 bits per heavy atom. The zero-order valence-corrected chi connectivity index (χ0v) is 10.8. The van der Waals surface area contributed by atoms with Gasteiger partial charge in [-0.1, -0.05) is 0 Å². The van der Waals surface area contributed by atoms with Gasteiger partial charge in [0.05, 0.1) is 11.4 Å². The zero-order valence-electron chi connectivity index (χ0n) is 10.0. The minimum Gasteiger partial charge on any atom is -0.479 e. The van der Waals surface area contributed by atoms with Crippen molar-refractivity contribution < 1.29 is 19.8 Å².